The summed E-state index contributed by atoms with van der Waals surface area (Å²) in [6.45, 7) is 6.21. The Bertz CT molecular complexity index is 9630. The van der Waals surface area contributed by atoms with Gasteiger partial charge in [-0.3, -0.25) is 28.2 Å². The average Bonchev–Trinajstić information content (AvgIpc) is 1.70. The van der Waals surface area contributed by atoms with Gasteiger partial charge < -0.3 is 0 Å². The summed E-state index contributed by atoms with van der Waals surface area (Å²) >= 11 is 0. The number of benzene rings is 18. The lowest BCUT2D eigenvalue weighted by atomic mass is 9.88. The van der Waals surface area contributed by atoms with Crippen LogP contribution in [0.25, 0.3) is 249 Å². The number of aryl methyl sites for hydroxylation is 3. The monoisotopic (exact) mass is 1840 g/mol. The van der Waals surface area contributed by atoms with Crippen LogP contribution < -0.4 is 0 Å². The molecule has 0 aliphatic rings. The second kappa shape index (κ2) is 37.4. The van der Waals surface area contributed by atoms with E-state index in [2.05, 4.69) is 500 Å². The lowest BCUT2D eigenvalue weighted by molar-refractivity contribution is 1.13. The normalized spacial score (nSPS) is 11.4. The SMILES string of the molecule is Cc1ccc(-c2cc(-c3cccc(-c4c(-c5ccccc5)nc5ccccn45)c3)cc(-c3cc4ccccc4c4ccccc34)c2)c(C)n1.Cc1cccc(-c2cc(-c3cccc(-c4c(-c5ccccc5)nc5ccccn45)c3)cc(-c3cc4ccccc4c4ccccc34)c2)n1.c1ccc(-c2nc3ccccn3c2-c2cccc(-c3cc(-c4ccncc4)cc(-c4cc5ccccc5c5ccccc45)c3)c2)cc1. The largest absolute Gasteiger partial charge is 0.299 e. The highest BCUT2D eigenvalue weighted by Gasteiger charge is 2.25. The molecule has 9 heteroatoms. The topological polar surface area (TPSA) is 90.6 Å². The van der Waals surface area contributed by atoms with Crippen LogP contribution in [0.2, 0.25) is 0 Å². The summed E-state index contributed by atoms with van der Waals surface area (Å²) in [5.41, 5.74) is 39.3. The highest BCUT2D eigenvalue weighted by molar-refractivity contribution is 6.17. The summed E-state index contributed by atoms with van der Waals surface area (Å²) in [7, 11) is 0. The highest BCUT2D eigenvalue weighted by Crippen LogP contribution is 2.47. The number of hydrogen-bond acceptors (Lipinski definition) is 6. The molecular formula is C135H93N9. The van der Waals surface area contributed by atoms with Gasteiger partial charge in [0.25, 0.3) is 0 Å². The van der Waals surface area contributed by atoms with Crippen LogP contribution in [0.15, 0.2) is 510 Å². The van der Waals surface area contributed by atoms with Crippen molar-refractivity contribution in [2.24, 2.45) is 0 Å². The van der Waals surface area contributed by atoms with Gasteiger partial charge in [0.1, 0.15) is 16.9 Å². The zero-order valence-electron chi connectivity index (χ0n) is 79.5. The maximum Gasteiger partial charge on any atom is 0.137 e. The molecule has 0 radical (unpaired) electrons. The first-order chi connectivity index (χ1) is 71.1. The van der Waals surface area contributed by atoms with Crippen molar-refractivity contribution in [3.63, 3.8) is 0 Å². The molecule has 0 N–H and O–H groups in total. The van der Waals surface area contributed by atoms with E-state index < -0.39 is 0 Å². The predicted octanol–water partition coefficient (Wildman–Crippen LogP) is 35.0. The van der Waals surface area contributed by atoms with Crippen molar-refractivity contribution in [1.29, 1.82) is 0 Å². The molecule has 0 unspecified atom stereocenters. The molecule has 9 nitrogen and oxygen atoms in total. The average molecular weight is 1840 g/mol. The zero-order chi connectivity index (χ0) is 96.1. The summed E-state index contributed by atoms with van der Waals surface area (Å²) in [6, 6.07) is 171. The van der Waals surface area contributed by atoms with Crippen LogP contribution in [-0.2, 0) is 0 Å². The van der Waals surface area contributed by atoms with Crippen molar-refractivity contribution in [2.45, 2.75) is 20.8 Å². The molecule has 0 aliphatic carbocycles. The molecule has 0 amide bonds. The molecule has 9 aromatic heterocycles. The van der Waals surface area contributed by atoms with E-state index in [1.807, 2.05) is 48.8 Å². The summed E-state index contributed by atoms with van der Waals surface area (Å²) in [5, 5.41) is 15.0. The molecular weight excluding hydrogens is 1750 g/mol. The van der Waals surface area contributed by atoms with Gasteiger partial charge in [0.2, 0.25) is 0 Å². The van der Waals surface area contributed by atoms with Crippen molar-refractivity contribution >= 4 is 81.6 Å². The first kappa shape index (κ1) is 86.6. The number of rotatable bonds is 15. The lowest BCUT2D eigenvalue weighted by Gasteiger charge is -2.16. The van der Waals surface area contributed by atoms with Crippen LogP contribution in [0.5, 0.6) is 0 Å². The second-order valence-corrected chi connectivity index (χ2v) is 37.0. The highest BCUT2D eigenvalue weighted by atomic mass is 15.0. The van der Waals surface area contributed by atoms with Crippen molar-refractivity contribution in [3.05, 3.63) is 527 Å². The van der Waals surface area contributed by atoms with Crippen molar-refractivity contribution in [3.8, 4) is 168 Å². The summed E-state index contributed by atoms with van der Waals surface area (Å²) in [6.07, 6.45) is 10.0. The lowest BCUT2D eigenvalue weighted by Crippen LogP contribution is -1.93. The first-order valence-electron chi connectivity index (χ1n) is 49.0. The minimum Gasteiger partial charge on any atom is -0.299 e. The van der Waals surface area contributed by atoms with Gasteiger partial charge in [0.15, 0.2) is 0 Å². The molecule has 9 heterocycles. The van der Waals surface area contributed by atoms with Crippen molar-refractivity contribution < 1.29 is 0 Å². The van der Waals surface area contributed by atoms with E-state index in [0.29, 0.717) is 0 Å². The molecule has 0 fully saturated rings. The van der Waals surface area contributed by atoms with E-state index in [9.17, 15) is 0 Å². The summed E-state index contributed by atoms with van der Waals surface area (Å²) in [5.74, 6) is 0. The van der Waals surface area contributed by atoms with Gasteiger partial charge in [-0.05, 0) is 327 Å². The Hall–Kier alpha value is -19.0. The Balaban J connectivity index is 0.000000113. The molecule has 0 saturated heterocycles. The molecule has 0 atom stereocenters. The standard InChI is InChI=1S/C46H33N3.C45H31N3.C44H29N3/c1-30-22-23-39(31(2)47-30)37-26-36(27-38(28-37)43-29-34-15-6-7-18-40(34)41-19-8-9-20-42(41)43)33-16-12-17-35(25-33)46-45(32-13-4-3-5-14-32)48-44-21-10-11-24-49(44)46;1-30-13-11-22-42(46-30)37-27-35(26-36(28-37)41-29-33-16-5-6-19-38(33)39-20-7-8-21-40(39)41)32-17-12-18-34(25-32)45-44(31-14-3-2-4-15-31)47-43-23-9-10-24-48(43)45;1-2-11-31(12-3-1)43-44(47-24-9-8-19-42(47)46-43)34-15-10-14-32(25-34)36-26-35(30-20-22-45-23-21-30)27-37(28-36)41-29-33-13-4-5-16-38(33)39-17-6-7-18-40(39)41/h3-29H,1-2H3;2-29H,1H3;1-29H. The molecule has 0 spiro atoms. The van der Waals surface area contributed by atoms with Gasteiger partial charge in [-0.1, -0.05) is 322 Å². The van der Waals surface area contributed by atoms with E-state index in [4.69, 9.17) is 24.9 Å². The third-order valence-corrected chi connectivity index (χ3v) is 27.9. The Morgan fingerprint density at radius 1 is 0.167 bits per heavy atom. The molecule has 27 rings (SSSR count). The third kappa shape index (κ3) is 16.5. The predicted molar refractivity (Wildman–Crippen MR) is 600 cm³/mol. The number of aromatic nitrogens is 9. The molecule has 18 aromatic carbocycles. The maximum absolute atomic E-state index is 5.10. The third-order valence-electron chi connectivity index (χ3n) is 27.9. The molecule has 144 heavy (non-hydrogen) atoms. The fourth-order valence-corrected chi connectivity index (χ4v) is 21.2. The van der Waals surface area contributed by atoms with Gasteiger partial charge >= 0.3 is 0 Å². The molecule has 0 bridgehead atoms. The van der Waals surface area contributed by atoms with E-state index in [-0.39, 0.29) is 0 Å². The van der Waals surface area contributed by atoms with Crippen LogP contribution in [0, 0.1) is 20.8 Å². The fraction of sp³-hybridized carbons (Fsp3) is 0.0222. The zero-order valence-corrected chi connectivity index (χ0v) is 79.5. The van der Waals surface area contributed by atoms with E-state index in [1.54, 1.807) is 0 Å². The number of nitrogens with zero attached hydrogens (tertiary/aromatic N) is 9. The van der Waals surface area contributed by atoms with Crippen LogP contribution in [0.1, 0.15) is 17.1 Å². The first-order valence-corrected chi connectivity index (χ1v) is 49.0. The smallest absolute Gasteiger partial charge is 0.137 e. The minimum atomic E-state index is 0.926. The van der Waals surface area contributed by atoms with E-state index in [1.165, 1.54) is 92.5 Å². The molecule has 678 valence electrons. The summed E-state index contributed by atoms with van der Waals surface area (Å²) < 4.78 is 6.59. The van der Waals surface area contributed by atoms with E-state index in [0.717, 1.165) is 174 Å². The van der Waals surface area contributed by atoms with Crippen LogP contribution in [0.4, 0.5) is 0 Å². The van der Waals surface area contributed by atoms with Crippen molar-refractivity contribution in [2.75, 3.05) is 0 Å². The Morgan fingerprint density at radius 2 is 0.451 bits per heavy atom. The molecule has 0 saturated carbocycles. The van der Waals surface area contributed by atoms with Gasteiger partial charge in [-0.15, -0.1) is 0 Å². The number of hydrogen-bond donors (Lipinski definition) is 0. The fourth-order valence-electron chi connectivity index (χ4n) is 21.2. The van der Waals surface area contributed by atoms with Crippen LogP contribution in [0.3, 0.4) is 0 Å². The number of imidazole rings is 3. The van der Waals surface area contributed by atoms with Gasteiger partial charge in [-0.25, -0.2) is 15.0 Å². The number of fused-ring (bicyclic) bond motifs is 12. The Morgan fingerprint density at radius 3 is 0.833 bits per heavy atom. The van der Waals surface area contributed by atoms with Crippen LogP contribution in [-0.4, -0.2) is 43.1 Å². The van der Waals surface area contributed by atoms with Gasteiger partial charge in [0, 0.05) is 92.6 Å². The van der Waals surface area contributed by atoms with Gasteiger partial charge in [-0.2, -0.15) is 0 Å². The quantitative estimate of drug-likeness (QED) is 0.0950. The Kier molecular flexibility index (Phi) is 22.5. The minimum absolute atomic E-state index is 0.926. The number of pyridine rings is 6. The Labute approximate surface area is 834 Å². The van der Waals surface area contributed by atoms with Crippen LogP contribution >= 0.6 is 0 Å². The van der Waals surface area contributed by atoms with Crippen molar-refractivity contribution in [1.82, 2.24) is 43.1 Å². The maximum atomic E-state index is 5.10. The molecule has 27 aromatic rings. The van der Waals surface area contributed by atoms with Gasteiger partial charge in [0.05, 0.1) is 39.9 Å². The van der Waals surface area contributed by atoms with E-state index >= 15 is 0 Å². The second-order valence-electron chi connectivity index (χ2n) is 37.0. The summed E-state index contributed by atoms with van der Waals surface area (Å²) in [4.78, 5) is 29.4. The molecule has 0 aliphatic heterocycles.